The Labute approximate surface area is 188 Å². The molecule has 0 rings (SSSR count). The van der Waals surface area contributed by atoms with Gasteiger partial charge in [-0.2, -0.15) is 0 Å². The van der Waals surface area contributed by atoms with Crippen LogP contribution in [0.5, 0.6) is 0 Å². The van der Waals surface area contributed by atoms with E-state index in [0.29, 0.717) is 37.4 Å². The Hall–Kier alpha value is -0.610. The molecule has 0 saturated heterocycles. The lowest BCUT2D eigenvalue weighted by Gasteiger charge is -2.23. The van der Waals surface area contributed by atoms with Gasteiger partial charge in [-0.05, 0) is 26.7 Å². The topological polar surface area (TPSA) is 59.1 Å². The van der Waals surface area contributed by atoms with Gasteiger partial charge in [-0.3, -0.25) is 0 Å². The van der Waals surface area contributed by atoms with Crippen LogP contribution >= 0.6 is 31.8 Å². The molecule has 0 saturated carbocycles. The number of rotatable bonds is 18. The zero-order valence-corrected chi connectivity index (χ0v) is 20.7. The Balaban J connectivity index is 4.39. The summed E-state index contributed by atoms with van der Waals surface area (Å²) >= 11 is 0. The third kappa shape index (κ3) is 15.8. The average molecular weight is 465 g/mol. The molecule has 168 valence electrons. The summed E-state index contributed by atoms with van der Waals surface area (Å²) < 4.78 is 14.9. The van der Waals surface area contributed by atoms with Crippen LogP contribution in [0.2, 0.25) is 0 Å². The maximum absolute atomic E-state index is 11.5. The molecule has 0 unspecified atom stereocenters. The number of hydrogen-bond acceptors (Lipinski definition) is 9. The summed E-state index contributed by atoms with van der Waals surface area (Å²) in [5, 5.41) is 0. The fourth-order valence-corrected chi connectivity index (χ4v) is 6.06. The summed E-state index contributed by atoms with van der Waals surface area (Å²) in [7, 11) is 5.00. The Bertz CT molecular complexity index is 474. The summed E-state index contributed by atoms with van der Waals surface area (Å²) in [6.07, 6.45) is 4.39. The monoisotopic (exact) mass is 464 g/mol. The van der Waals surface area contributed by atoms with Crippen molar-refractivity contribution in [2.75, 3.05) is 39.4 Å². The van der Waals surface area contributed by atoms with E-state index in [0.717, 1.165) is 38.8 Å². The maximum Gasteiger partial charge on any atom is 0.333 e. The van der Waals surface area contributed by atoms with Crippen LogP contribution in [0.25, 0.3) is 0 Å². The zero-order valence-electron chi connectivity index (χ0n) is 18.2. The van der Waals surface area contributed by atoms with Crippen LogP contribution in [0.4, 0.5) is 0 Å². The summed E-state index contributed by atoms with van der Waals surface area (Å²) in [4.78, 5) is 23.1. The van der Waals surface area contributed by atoms with E-state index in [1.807, 2.05) is 0 Å². The van der Waals surface area contributed by atoms with Gasteiger partial charge in [0.25, 0.3) is 0 Å². The summed E-state index contributed by atoms with van der Waals surface area (Å²) in [5.74, 6) is -0.690. The van der Waals surface area contributed by atoms with Crippen LogP contribution in [-0.4, -0.2) is 59.9 Å². The lowest BCUT2D eigenvalue weighted by atomic mass is 10.3. The van der Waals surface area contributed by atoms with E-state index in [2.05, 4.69) is 35.6 Å². The van der Waals surface area contributed by atoms with Gasteiger partial charge >= 0.3 is 11.9 Å². The van der Waals surface area contributed by atoms with Gasteiger partial charge in [0, 0.05) is 69.1 Å². The predicted molar refractivity (Wildman–Crippen MR) is 127 cm³/mol. The van der Waals surface area contributed by atoms with E-state index in [-0.39, 0.29) is 11.9 Å². The van der Waals surface area contributed by atoms with Gasteiger partial charge in [0.1, 0.15) is 13.2 Å². The molecule has 0 heterocycles. The SMILES string of the molecule is C=C(C)C(=O)OCCN(CCCC)SSSN(CCCC)CCOC(=O)C(=C)C. The van der Waals surface area contributed by atoms with Crippen LogP contribution in [0.1, 0.15) is 53.4 Å². The van der Waals surface area contributed by atoms with Crippen molar-refractivity contribution in [1.82, 2.24) is 8.61 Å². The molecule has 0 aromatic rings. The predicted octanol–water partition coefficient (Wildman–Crippen LogP) is 5.29. The van der Waals surface area contributed by atoms with Crippen LogP contribution in [0.3, 0.4) is 0 Å². The first-order chi connectivity index (χ1) is 13.8. The van der Waals surface area contributed by atoms with Crippen molar-refractivity contribution >= 4 is 43.7 Å². The Kier molecular flexibility index (Phi) is 17.8. The molecule has 0 aliphatic rings. The van der Waals surface area contributed by atoms with Crippen molar-refractivity contribution in [2.45, 2.75) is 53.4 Å². The molecule has 6 nitrogen and oxygen atoms in total. The maximum atomic E-state index is 11.5. The molecule has 0 aliphatic carbocycles. The highest BCUT2D eigenvalue weighted by Crippen LogP contribution is 2.39. The third-order valence-corrected chi connectivity index (χ3v) is 7.64. The second kappa shape index (κ2) is 18.2. The van der Waals surface area contributed by atoms with E-state index in [9.17, 15) is 9.59 Å². The third-order valence-electron chi connectivity index (χ3n) is 3.64. The highest BCUT2D eigenvalue weighted by molar-refractivity contribution is 9.08. The van der Waals surface area contributed by atoms with Crippen LogP contribution in [0.15, 0.2) is 24.3 Å². The molecule has 9 heteroatoms. The van der Waals surface area contributed by atoms with Gasteiger partial charge in [0.15, 0.2) is 0 Å². The first-order valence-corrected chi connectivity index (χ1v) is 13.4. The number of esters is 2. The molecular formula is C20H36N2O4S3. The van der Waals surface area contributed by atoms with E-state index >= 15 is 0 Å². The standard InChI is InChI=1S/C20H36N2O4S3/c1-7-9-11-21(13-15-25-19(23)17(3)4)27-29-28-22(12-10-8-2)14-16-26-20(24)18(5)6/h3,5,7-16H2,1-2,4,6H3. The van der Waals surface area contributed by atoms with Gasteiger partial charge in [0.2, 0.25) is 0 Å². The molecule has 0 spiro atoms. The van der Waals surface area contributed by atoms with Gasteiger partial charge in [0.05, 0.1) is 0 Å². The van der Waals surface area contributed by atoms with Crippen molar-refractivity contribution in [1.29, 1.82) is 0 Å². The average Bonchev–Trinajstić information content (AvgIpc) is 2.68. The van der Waals surface area contributed by atoms with Crippen LogP contribution in [-0.2, 0) is 19.1 Å². The summed E-state index contributed by atoms with van der Waals surface area (Å²) in [5.41, 5.74) is 0.836. The number of carbonyl (C=O) groups is 2. The van der Waals surface area contributed by atoms with Gasteiger partial charge in [-0.1, -0.05) is 39.8 Å². The van der Waals surface area contributed by atoms with Gasteiger partial charge < -0.3 is 9.47 Å². The molecule has 0 aliphatic heterocycles. The minimum Gasteiger partial charge on any atom is -0.461 e. The highest BCUT2D eigenvalue weighted by Gasteiger charge is 2.12. The summed E-state index contributed by atoms with van der Waals surface area (Å²) in [6, 6.07) is 0. The lowest BCUT2D eigenvalue weighted by molar-refractivity contribution is -0.139. The number of carbonyl (C=O) groups excluding carboxylic acids is 2. The van der Waals surface area contributed by atoms with Crippen molar-refractivity contribution in [3.8, 4) is 0 Å². The number of ether oxygens (including phenoxy) is 2. The second-order valence-corrected chi connectivity index (χ2v) is 10.6. The van der Waals surface area contributed by atoms with Crippen molar-refractivity contribution in [3.63, 3.8) is 0 Å². The van der Waals surface area contributed by atoms with Crippen LogP contribution in [0, 0.1) is 0 Å². The van der Waals surface area contributed by atoms with Gasteiger partial charge in [-0.25, -0.2) is 18.2 Å². The first kappa shape index (κ1) is 28.4. The lowest BCUT2D eigenvalue weighted by Crippen LogP contribution is -2.24. The molecule has 0 aromatic heterocycles. The minimum atomic E-state index is -0.345. The highest BCUT2D eigenvalue weighted by atomic mass is 33.5. The van der Waals surface area contributed by atoms with E-state index in [4.69, 9.17) is 9.47 Å². The first-order valence-electron chi connectivity index (χ1n) is 9.98. The minimum absolute atomic E-state index is 0.345. The number of nitrogens with zero attached hydrogens (tertiary/aromatic N) is 2. The second-order valence-electron chi connectivity index (χ2n) is 6.61. The largest absolute Gasteiger partial charge is 0.461 e. The normalized spacial score (nSPS) is 11.0. The van der Waals surface area contributed by atoms with Crippen molar-refractivity contribution < 1.29 is 19.1 Å². The Morgan fingerprint density at radius 1 is 0.759 bits per heavy atom. The van der Waals surface area contributed by atoms with Crippen molar-refractivity contribution in [2.24, 2.45) is 0 Å². The molecule has 0 atom stereocenters. The molecule has 0 bridgehead atoms. The van der Waals surface area contributed by atoms with E-state index < -0.39 is 0 Å². The smallest absolute Gasteiger partial charge is 0.333 e. The molecular weight excluding hydrogens is 428 g/mol. The Morgan fingerprint density at radius 3 is 1.45 bits per heavy atom. The zero-order chi connectivity index (χ0) is 22.1. The quantitative estimate of drug-likeness (QED) is 0.116. The number of hydrogen-bond donors (Lipinski definition) is 0. The molecule has 0 radical (unpaired) electrons. The fourth-order valence-electron chi connectivity index (χ4n) is 1.87. The molecule has 0 fully saturated rings. The van der Waals surface area contributed by atoms with Crippen LogP contribution < -0.4 is 0 Å². The number of unbranched alkanes of at least 4 members (excludes halogenated alkanes) is 2. The van der Waals surface area contributed by atoms with Crippen molar-refractivity contribution in [3.05, 3.63) is 24.3 Å². The van der Waals surface area contributed by atoms with E-state index in [1.165, 1.54) is 0 Å². The van der Waals surface area contributed by atoms with E-state index in [1.54, 1.807) is 45.6 Å². The summed E-state index contributed by atoms with van der Waals surface area (Å²) in [6.45, 7) is 18.7. The Morgan fingerprint density at radius 2 is 1.14 bits per heavy atom. The molecule has 0 amide bonds. The fraction of sp³-hybridized carbons (Fsp3) is 0.700. The molecule has 0 N–H and O–H groups in total. The molecule has 0 aromatic carbocycles. The van der Waals surface area contributed by atoms with Gasteiger partial charge in [-0.15, -0.1) is 0 Å². The molecule has 29 heavy (non-hydrogen) atoms.